The zero-order valence-electron chi connectivity index (χ0n) is 15.4. The summed E-state index contributed by atoms with van der Waals surface area (Å²) in [4.78, 5) is 11.4. The second-order valence-electron chi connectivity index (χ2n) is 8.69. The summed E-state index contributed by atoms with van der Waals surface area (Å²) in [6.45, 7) is 0.156. The molecular weight excluding hydrogens is 298 g/mol. The second-order valence-corrected chi connectivity index (χ2v) is 8.69. The molecule has 0 radical (unpaired) electrons. The maximum atomic E-state index is 11.4. The second kappa shape index (κ2) is 8.69. The van der Waals surface area contributed by atoms with E-state index in [1.54, 1.807) is 0 Å². The van der Waals surface area contributed by atoms with Crippen LogP contribution in [0.2, 0.25) is 0 Å². The van der Waals surface area contributed by atoms with Gasteiger partial charge in [-0.05, 0) is 56.3 Å². The molecule has 2 N–H and O–H groups in total. The molecule has 0 amide bonds. The number of nitrogens with one attached hydrogen (secondary N) is 1. The van der Waals surface area contributed by atoms with Crippen LogP contribution >= 0.6 is 0 Å². The summed E-state index contributed by atoms with van der Waals surface area (Å²) in [7, 11) is 0. The van der Waals surface area contributed by atoms with E-state index in [-0.39, 0.29) is 12.1 Å². The van der Waals surface area contributed by atoms with Crippen LogP contribution in [0.25, 0.3) is 0 Å². The summed E-state index contributed by atoms with van der Waals surface area (Å²) < 4.78 is 0. The van der Waals surface area contributed by atoms with E-state index < -0.39 is 5.97 Å². The summed E-state index contributed by atoms with van der Waals surface area (Å²) in [6.07, 6.45) is 20.1. The highest BCUT2D eigenvalue weighted by Crippen LogP contribution is 2.50. The average Bonchev–Trinajstić information content (AvgIpc) is 2.65. The predicted molar refractivity (Wildman–Crippen MR) is 98.1 cm³/mol. The van der Waals surface area contributed by atoms with Gasteiger partial charge in [0.25, 0.3) is 0 Å². The van der Waals surface area contributed by atoms with Gasteiger partial charge in [0.05, 0.1) is 6.54 Å². The van der Waals surface area contributed by atoms with Gasteiger partial charge in [-0.25, -0.2) is 0 Å². The largest absolute Gasteiger partial charge is 0.480 e. The van der Waals surface area contributed by atoms with Crippen molar-refractivity contribution in [1.82, 2.24) is 5.32 Å². The molecule has 0 heterocycles. The molecule has 3 aliphatic carbocycles. The average molecular weight is 336 g/mol. The molecule has 3 saturated carbocycles. The standard InChI is InChI=1S/C21H37NO2/c23-20(24)16-22-21(17-10-4-1-5-11-17,18-12-6-2-7-13-18)19-14-8-3-9-15-19/h17-19,22H,1-16H2,(H,23,24). The van der Waals surface area contributed by atoms with Crippen molar-refractivity contribution in [2.24, 2.45) is 17.8 Å². The predicted octanol–water partition coefficient (Wildman–Crippen LogP) is 5.14. The van der Waals surface area contributed by atoms with Crippen LogP contribution in [-0.4, -0.2) is 23.2 Å². The quantitative estimate of drug-likeness (QED) is 0.706. The molecule has 0 atom stereocenters. The van der Waals surface area contributed by atoms with Crippen molar-refractivity contribution >= 4 is 5.97 Å². The van der Waals surface area contributed by atoms with E-state index in [1.807, 2.05) is 0 Å². The summed E-state index contributed by atoms with van der Waals surface area (Å²) in [6, 6.07) is 0. The zero-order chi connectivity index (χ0) is 16.8. The topological polar surface area (TPSA) is 49.3 Å². The van der Waals surface area contributed by atoms with Gasteiger partial charge in [0.2, 0.25) is 0 Å². The number of hydrogen-bond acceptors (Lipinski definition) is 2. The number of hydrogen-bond donors (Lipinski definition) is 2. The summed E-state index contributed by atoms with van der Waals surface area (Å²) in [5.74, 6) is 1.44. The lowest BCUT2D eigenvalue weighted by Gasteiger charge is -2.55. The molecule has 0 aromatic carbocycles. The van der Waals surface area contributed by atoms with Crippen LogP contribution in [0.15, 0.2) is 0 Å². The first-order chi connectivity index (χ1) is 11.7. The number of carboxylic acids is 1. The molecule has 24 heavy (non-hydrogen) atoms. The van der Waals surface area contributed by atoms with E-state index in [2.05, 4.69) is 5.32 Å². The molecule has 0 aromatic rings. The van der Waals surface area contributed by atoms with Crippen molar-refractivity contribution in [3.63, 3.8) is 0 Å². The van der Waals surface area contributed by atoms with Gasteiger partial charge in [-0.15, -0.1) is 0 Å². The van der Waals surface area contributed by atoms with Crippen LogP contribution < -0.4 is 5.32 Å². The van der Waals surface area contributed by atoms with Crippen molar-refractivity contribution in [3.8, 4) is 0 Å². The minimum atomic E-state index is -0.679. The van der Waals surface area contributed by atoms with Gasteiger partial charge in [-0.1, -0.05) is 57.8 Å². The number of rotatable bonds is 6. The maximum absolute atomic E-state index is 11.4. The lowest BCUT2D eigenvalue weighted by molar-refractivity contribution is -0.137. The van der Waals surface area contributed by atoms with Crippen molar-refractivity contribution in [2.45, 2.75) is 102 Å². The Bertz CT molecular complexity index is 345. The highest BCUT2D eigenvalue weighted by Gasteiger charge is 2.50. The molecule has 0 saturated heterocycles. The summed E-state index contributed by atoms with van der Waals surface area (Å²) in [5.41, 5.74) is 0.111. The van der Waals surface area contributed by atoms with Crippen molar-refractivity contribution in [2.75, 3.05) is 6.54 Å². The zero-order valence-corrected chi connectivity index (χ0v) is 15.4. The Morgan fingerprint density at radius 3 is 1.33 bits per heavy atom. The van der Waals surface area contributed by atoms with Crippen LogP contribution in [0.4, 0.5) is 0 Å². The lowest BCUT2D eigenvalue weighted by atomic mass is 9.56. The molecule has 3 nitrogen and oxygen atoms in total. The summed E-state index contributed by atoms with van der Waals surface area (Å²) >= 11 is 0. The van der Waals surface area contributed by atoms with Crippen molar-refractivity contribution in [3.05, 3.63) is 0 Å². The smallest absolute Gasteiger partial charge is 0.317 e. The first-order valence-corrected chi connectivity index (χ1v) is 10.7. The molecule has 0 aromatic heterocycles. The lowest BCUT2D eigenvalue weighted by Crippen LogP contribution is -2.63. The van der Waals surface area contributed by atoms with Gasteiger partial charge < -0.3 is 10.4 Å². The first-order valence-electron chi connectivity index (χ1n) is 10.7. The van der Waals surface area contributed by atoms with Crippen molar-refractivity contribution in [1.29, 1.82) is 0 Å². The molecule has 3 heteroatoms. The molecule has 0 spiro atoms. The third kappa shape index (κ3) is 3.98. The Labute approximate surface area is 148 Å². The third-order valence-corrected chi connectivity index (χ3v) is 7.39. The molecule has 3 aliphatic rings. The van der Waals surface area contributed by atoms with Crippen LogP contribution in [0.3, 0.4) is 0 Å². The Morgan fingerprint density at radius 2 is 1.04 bits per heavy atom. The SMILES string of the molecule is O=C(O)CNC(C1CCCCC1)(C1CCCCC1)C1CCCCC1. The highest BCUT2D eigenvalue weighted by molar-refractivity contribution is 5.69. The highest BCUT2D eigenvalue weighted by atomic mass is 16.4. The van der Waals surface area contributed by atoms with E-state index >= 15 is 0 Å². The molecule has 0 bridgehead atoms. The normalized spacial score (nSPS) is 25.7. The molecule has 0 aliphatic heterocycles. The maximum Gasteiger partial charge on any atom is 0.317 e. The van der Waals surface area contributed by atoms with Crippen LogP contribution in [0, 0.1) is 17.8 Å². The molecular formula is C21H37NO2. The fourth-order valence-electron chi connectivity index (χ4n) is 6.40. The molecule has 3 fully saturated rings. The van der Waals surface area contributed by atoms with Crippen LogP contribution in [0.1, 0.15) is 96.3 Å². The van der Waals surface area contributed by atoms with E-state index in [0.717, 1.165) is 0 Å². The fourth-order valence-corrected chi connectivity index (χ4v) is 6.40. The van der Waals surface area contributed by atoms with E-state index in [9.17, 15) is 9.90 Å². The Balaban J connectivity index is 1.90. The molecule has 0 unspecified atom stereocenters. The molecule has 3 rings (SSSR count). The number of carbonyl (C=O) groups is 1. The van der Waals surface area contributed by atoms with Crippen molar-refractivity contribution < 1.29 is 9.90 Å². The van der Waals surface area contributed by atoms with Gasteiger partial charge in [0.15, 0.2) is 0 Å². The van der Waals surface area contributed by atoms with Crippen LogP contribution in [-0.2, 0) is 4.79 Å². The van der Waals surface area contributed by atoms with Gasteiger partial charge in [0.1, 0.15) is 0 Å². The van der Waals surface area contributed by atoms with Gasteiger partial charge in [0, 0.05) is 5.54 Å². The fraction of sp³-hybridized carbons (Fsp3) is 0.952. The van der Waals surface area contributed by atoms with Gasteiger partial charge in [-0.3, -0.25) is 4.79 Å². The number of carboxylic acid groups (broad SMARTS) is 1. The van der Waals surface area contributed by atoms with Crippen LogP contribution in [0.5, 0.6) is 0 Å². The van der Waals surface area contributed by atoms with Gasteiger partial charge in [-0.2, -0.15) is 0 Å². The van der Waals surface area contributed by atoms with Gasteiger partial charge >= 0.3 is 5.97 Å². The Kier molecular flexibility index (Phi) is 6.60. The Hall–Kier alpha value is -0.570. The number of aliphatic carboxylic acids is 1. The molecule has 138 valence electrons. The summed E-state index contributed by atoms with van der Waals surface area (Å²) in [5, 5.41) is 13.2. The van der Waals surface area contributed by atoms with E-state index in [0.29, 0.717) is 17.8 Å². The minimum absolute atomic E-state index is 0.111. The monoisotopic (exact) mass is 335 g/mol. The van der Waals surface area contributed by atoms with E-state index in [1.165, 1.54) is 96.3 Å². The van der Waals surface area contributed by atoms with E-state index in [4.69, 9.17) is 0 Å². The first kappa shape index (κ1) is 18.2. The minimum Gasteiger partial charge on any atom is -0.480 e. The third-order valence-electron chi connectivity index (χ3n) is 7.39. The Morgan fingerprint density at radius 1 is 0.708 bits per heavy atom.